The van der Waals surface area contributed by atoms with Crippen molar-refractivity contribution in [3.63, 3.8) is 0 Å². The second kappa shape index (κ2) is 6.95. The van der Waals surface area contributed by atoms with Crippen LogP contribution in [0.5, 0.6) is 0 Å². The van der Waals surface area contributed by atoms with Gasteiger partial charge in [-0.2, -0.15) is 0 Å². The lowest BCUT2D eigenvalue weighted by molar-refractivity contribution is -0.153. The van der Waals surface area contributed by atoms with E-state index >= 15 is 0 Å². The number of rotatable bonds is 7. The second-order valence-corrected chi connectivity index (χ2v) is 16.8. The monoisotopic (exact) mass is 370 g/mol. The van der Waals surface area contributed by atoms with Crippen LogP contribution in [0.3, 0.4) is 0 Å². The Kier molecular flexibility index (Phi) is 5.53. The number of esters is 2. The van der Waals surface area contributed by atoms with Gasteiger partial charge in [0.15, 0.2) is 16.6 Å². The third-order valence-electron chi connectivity index (χ3n) is 3.30. The number of hydrogen-bond acceptors (Lipinski definition) is 6. The number of carbonyl (C=O) groups is 2. The van der Waals surface area contributed by atoms with Gasteiger partial charge in [0.25, 0.3) is 0 Å². The molecule has 8 heteroatoms. The minimum absolute atomic E-state index is 0.394. The van der Waals surface area contributed by atoms with Crippen LogP contribution in [-0.2, 0) is 27.9 Å². The predicted molar refractivity (Wildman–Crippen MR) is 94.5 cm³/mol. The second-order valence-electron chi connectivity index (χ2n) is 7.91. The van der Waals surface area contributed by atoms with Crippen LogP contribution in [0.1, 0.15) is 0 Å². The molecular formula is C16H26O6Si2. The lowest BCUT2D eigenvalue weighted by Crippen LogP contribution is -2.54. The zero-order valence-electron chi connectivity index (χ0n) is 15.1. The number of cyclic esters (lactones) is 2. The smallest absolute Gasteiger partial charge is 0.331 e. The van der Waals surface area contributed by atoms with E-state index in [4.69, 9.17) is 18.3 Å². The normalized spacial score (nSPS) is 26.4. The van der Waals surface area contributed by atoms with E-state index in [1.807, 2.05) is 0 Å². The average molecular weight is 371 g/mol. The Balaban J connectivity index is 2.31. The van der Waals surface area contributed by atoms with Gasteiger partial charge in [-0.1, -0.05) is 0 Å². The molecule has 134 valence electrons. The highest BCUT2D eigenvalue weighted by atomic mass is 28.4. The van der Waals surface area contributed by atoms with Crippen molar-refractivity contribution in [2.45, 2.75) is 63.7 Å². The Labute approximate surface area is 145 Å². The van der Waals surface area contributed by atoms with Gasteiger partial charge in [0.05, 0.1) is 0 Å². The van der Waals surface area contributed by atoms with Crippen LogP contribution in [0.2, 0.25) is 39.3 Å². The van der Waals surface area contributed by atoms with Crippen molar-refractivity contribution < 1.29 is 27.9 Å². The zero-order valence-corrected chi connectivity index (χ0v) is 17.1. The standard InChI is InChI=1S/C16H26O6Si2/c1-23(2,3)21-15(11-7-9-13(17)19-11)16(22-24(4,5)6)12-8-10-14(18)20-12/h7-12,15-16H,1-6H3/t11-,12-,15+,16+/m0/s1. The van der Waals surface area contributed by atoms with Crippen LogP contribution >= 0.6 is 0 Å². The maximum Gasteiger partial charge on any atom is 0.331 e. The van der Waals surface area contributed by atoms with E-state index in [9.17, 15) is 9.59 Å². The Morgan fingerprint density at radius 1 is 0.792 bits per heavy atom. The van der Waals surface area contributed by atoms with Crippen molar-refractivity contribution in [3.05, 3.63) is 24.3 Å². The lowest BCUT2D eigenvalue weighted by atomic mass is 10.0. The summed E-state index contributed by atoms with van der Waals surface area (Å²) in [6.07, 6.45) is 4.04. The third kappa shape index (κ3) is 5.40. The van der Waals surface area contributed by atoms with Crippen LogP contribution in [0.4, 0.5) is 0 Å². The van der Waals surface area contributed by atoms with Crippen LogP contribution in [-0.4, -0.2) is 53.0 Å². The van der Waals surface area contributed by atoms with E-state index in [2.05, 4.69) is 39.3 Å². The molecule has 2 heterocycles. The summed E-state index contributed by atoms with van der Waals surface area (Å²) in [5.41, 5.74) is 0. The highest BCUT2D eigenvalue weighted by Crippen LogP contribution is 2.28. The fourth-order valence-corrected chi connectivity index (χ4v) is 4.75. The summed E-state index contributed by atoms with van der Waals surface area (Å²) in [7, 11) is -3.94. The highest BCUT2D eigenvalue weighted by Gasteiger charge is 2.44. The number of ether oxygens (including phenoxy) is 2. The fourth-order valence-electron chi connectivity index (χ4n) is 2.58. The summed E-state index contributed by atoms with van der Waals surface area (Å²) in [4.78, 5) is 23.0. The molecule has 0 saturated carbocycles. The molecule has 0 saturated heterocycles. The van der Waals surface area contributed by atoms with Crippen molar-refractivity contribution in [1.29, 1.82) is 0 Å². The first-order valence-electron chi connectivity index (χ1n) is 8.08. The molecule has 0 aromatic carbocycles. The van der Waals surface area contributed by atoms with Crippen molar-refractivity contribution in [3.8, 4) is 0 Å². The van der Waals surface area contributed by atoms with Crippen molar-refractivity contribution in [2.75, 3.05) is 0 Å². The van der Waals surface area contributed by atoms with Gasteiger partial charge in [0, 0.05) is 12.2 Å². The van der Waals surface area contributed by atoms with Gasteiger partial charge >= 0.3 is 11.9 Å². The first-order chi connectivity index (χ1) is 10.9. The van der Waals surface area contributed by atoms with Crippen LogP contribution in [0.25, 0.3) is 0 Å². The van der Waals surface area contributed by atoms with E-state index < -0.39 is 53.0 Å². The molecule has 0 N–H and O–H groups in total. The van der Waals surface area contributed by atoms with Gasteiger partial charge in [-0.15, -0.1) is 0 Å². The molecule has 0 aliphatic carbocycles. The summed E-state index contributed by atoms with van der Waals surface area (Å²) in [6, 6.07) is 0. The van der Waals surface area contributed by atoms with Gasteiger partial charge in [-0.3, -0.25) is 0 Å². The van der Waals surface area contributed by atoms with Gasteiger partial charge in [-0.25, -0.2) is 9.59 Å². The molecule has 0 spiro atoms. The first-order valence-corrected chi connectivity index (χ1v) is 14.9. The van der Waals surface area contributed by atoms with Crippen molar-refractivity contribution in [1.82, 2.24) is 0 Å². The van der Waals surface area contributed by atoms with E-state index in [0.717, 1.165) is 0 Å². The highest BCUT2D eigenvalue weighted by molar-refractivity contribution is 6.70. The zero-order chi connectivity index (χ0) is 18.1. The minimum Gasteiger partial charge on any atom is -0.452 e. The number of hydrogen-bond donors (Lipinski definition) is 0. The summed E-state index contributed by atoms with van der Waals surface area (Å²) in [5.74, 6) is -0.787. The Morgan fingerprint density at radius 3 is 1.33 bits per heavy atom. The van der Waals surface area contributed by atoms with Gasteiger partial charge < -0.3 is 18.3 Å². The van der Waals surface area contributed by atoms with E-state index in [1.54, 1.807) is 12.2 Å². The predicted octanol–water partition coefficient (Wildman–Crippen LogP) is 2.39. The molecule has 2 aliphatic heterocycles. The molecular weight excluding hydrogens is 344 g/mol. The summed E-state index contributed by atoms with van der Waals surface area (Å²) >= 11 is 0. The largest absolute Gasteiger partial charge is 0.452 e. The molecule has 0 unspecified atom stereocenters. The SMILES string of the molecule is C[Si](C)(C)O[C@@H]([C@H](O[Si](C)(C)C)[C@@H]1C=CC(=O)O1)[C@@H]1C=CC(=O)O1. The molecule has 2 aliphatic rings. The van der Waals surface area contributed by atoms with Crippen molar-refractivity contribution >= 4 is 28.6 Å². The van der Waals surface area contributed by atoms with Crippen molar-refractivity contribution in [2.24, 2.45) is 0 Å². The molecule has 6 nitrogen and oxygen atoms in total. The van der Waals surface area contributed by atoms with E-state index in [1.165, 1.54) is 12.2 Å². The molecule has 0 aromatic heterocycles. The molecule has 0 amide bonds. The van der Waals surface area contributed by atoms with Crippen LogP contribution in [0.15, 0.2) is 24.3 Å². The van der Waals surface area contributed by atoms with Gasteiger partial charge in [0.1, 0.15) is 24.4 Å². The first kappa shape index (κ1) is 19.1. The van der Waals surface area contributed by atoms with E-state index in [0.29, 0.717) is 0 Å². The van der Waals surface area contributed by atoms with E-state index in [-0.39, 0.29) is 0 Å². The van der Waals surface area contributed by atoms with Crippen LogP contribution in [0, 0.1) is 0 Å². The summed E-state index contributed by atoms with van der Waals surface area (Å²) in [5, 5.41) is 0. The summed E-state index contributed by atoms with van der Waals surface area (Å²) < 4.78 is 23.4. The molecule has 0 radical (unpaired) electrons. The number of carbonyl (C=O) groups excluding carboxylic acids is 2. The molecule has 0 fully saturated rings. The summed E-state index contributed by atoms with van der Waals surface area (Å²) in [6.45, 7) is 12.3. The fraction of sp³-hybridized carbons (Fsp3) is 0.625. The molecule has 0 bridgehead atoms. The molecule has 2 rings (SSSR count). The Hall–Kier alpha value is -1.23. The van der Waals surface area contributed by atoms with Gasteiger partial charge in [-0.05, 0) is 51.4 Å². The Bertz CT molecular complexity index is 508. The topological polar surface area (TPSA) is 71.1 Å². The quantitative estimate of drug-likeness (QED) is 0.506. The van der Waals surface area contributed by atoms with Gasteiger partial charge in [0.2, 0.25) is 0 Å². The molecule has 24 heavy (non-hydrogen) atoms. The average Bonchev–Trinajstić information content (AvgIpc) is 3.00. The lowest BCUT2D eigenvalue weighted by Gasteiger charge is -2.39. The Morgan fingerprint density at radius 2 is 1.12 bits per heavy atom. The maximum atomic E-state index is 11.5. The third-order valence-corrected chi connectivity index (χ3v) is 5.26. The maximum absolute atomic E-state index is 11.5. The van der Waals surface area contributed by atoms with Crippen LogP contribution < -0.4 is 0 Å². The molecule has 0 aromatic rings. The molecule has 4 atom stereocenters. The minimum atomic E-state index is -1.97.